The van der Waals surface area contributed by atoms with Crippen LogP contribution in [0.3, 0.4) is 0 Å². The predicted molar refractivity (Wildman–Crippen MR) is 117 cm³/mol. The second-order valence-electron chi connectivity index (χ2n) is 7.43. The number of nitrogens with zero attached hydrogens (tertiary/aromatic N) is 5. The van der Waals surface area contributed by atoms with Crippen molar-refractivity contribution < 1.29 is 13.2 Å². The molecule has 1 aliphatic heterocycles. The summed E-state index contributed by atoms with van der Waals surface area (Å²) in [4.78, 5) is 32.3. The number of piperazine rings is 1. The number of rotatable bonds is 4. The number of carbonyl (C=O) groups excluding carboxylic acids is 1. The number of hydrogen-bond acceptors (Lipinski definition) is 5. The third-order valence-electron chi connectivity index (χ3n) is 5.36. The van der Waals surface area contributed by atoms with Gasteiger partial charge in [0.2, 0.25) is 0 Å². The minimum absolute atomic E-state index is 0.212. The average Bonchev–Trinajstić information content (AvgIpc) is 2.79. The lowest BCUT2D eigenvalue weighted by atomic mass is 10.1. The Morgan fingerprint density at radius 3 is 2.23 bits per heavy atom. The number of aromatic nitrogens is 2. The third kappa shape index (κ3) is 3.85. The Morgan fingerprint density at radius 2 is 1.61 bits per heavy atom. The molecular weight excluding hydrogens is 418 g/mol. The van der Waals surface area contributed by atoms with E-state index in [0.717, 1.165) is 0 Å². The standard InChI is InChI=1S/C21H23N5O4S/c1-23(2)31(29,30)25-13-11-24(12-14-25)20(27)18-15-26(19-9-5-6-10-22-19)21(28)17-8-4-3-7-16(17)18/h3-10,15H,11-14H2,1-2H3. The van der Waals surface area contributed by atoms with Crippen molar-refractivity contribution in [3.8, 4) is 5.82 Å². The summed E-state index contributed by atoms with van der Waals surface area (Å²) < 4.78 is 28.6. The summed E-state index contributed by atoms with van der Waals surface area (Å²) in [6.45, 7) is 0.958. The molecule has 1 aliphatic rings. The first-order chi connectivity index (χ1) is 14.8. The zero-order valence-corrected chi connectivity index (χ0v) is 18.1. The number of carbonyl (C=O) groups is 1. The van der Waals surface area contributed by atoms with Crippen molar-refractivity contribution in [1.29, 1.82) is 0 Å². The van der Waals surface area contributed by atoms with Crippen LogP contribution < -0.4 is 5.56 Å². The van der Waals surface area contributed by atoms with Crippen LogP contribution in [-0.4, -0.2) is 77.7 Å². The van der Waals surface area contributed by atoms with Crippen LogP contribution in [0.1, 0.15) is 10.4 Å². The van der Waals surface area contributed by atoms with E-state index >= 15 is 0 Å². The Labute approximate surface area is 180 Å². The molecule has 162 valence electrons. The molecule has 0 spiro atoms. The van der Waals surface area contributed by atoms with Gasteiger partial charge in [-0.3, -0.25) is 14.2 Å². The fourth-order valence-electron chi connectivity index (χ4n) is 3.65. The molecule has 1 aromatic carbocycles. The minimum atomic E-state index is -3.52. The Hall–Kier alpha value is -3.08. The van der Waals surface area contributed by atoms with Crippen molar-refractivity contribution in [3.05, 3.63) is 70.8 Å². The first kappa shape index (κ1) is 21.2. The zero-order valence-electron chi connectivity index (χ0n) is 17.3. The summed E-state index contributed by atoms with van der Waals surface area (Å²) in [6, 6.07) is 12.2. The molecule has 3 heterocycles. The average molecular weight is 442 g/mol. The van der Waals surface area contributed by atoms with Gasteiger partial charge in [0.15, 0.2) is 0 Å². The van der Waals surface area contributed by atoms with Gasteiger partial charge in [-0.25, -0.2) is 4.98 Å². The molecule has 0 saturated carbocycles. The van der Waals surface area contributed by atoms with E-state index in [-0.39, 0.29) is 37.6 Å². The van der Waals surface area contributed by atoms with E-state index in [1.165, 1.54) is 33.5 Å². The summed E-state index contributed by atoms with van der Waals surface area (Å²) in [7, 11) is -0.550. The number of amides is 1. The molecule has 0 radical (unpaired) electrons. The highest BCUT2D eigenvalue weighted by atomic mass is 32.2. The lowest BCUT2D eigenvalue weighted by Crippen LogP contribution is -2.53. The molecule has 1 saturated heterocycles. The summed E-state index contributed by atoms with van der Waals surface area (Å²) in [5, 5.41) is 0.987. The van der Waals surface area contributed by atoms with Gasteiger partial charge in [-0.15, -0.1) is 0 Å². The van der Waals surface area contributed by atoms with Gasteiger partial charge in [0, 0.05) is 63.4 Å². The van der Waals surface area contributed by atoms with Gasteiger partial charge < -0.3 is 4.90 Å². The number of fused-ring (bicyclic) bond motifs is 1. The van der Waals surface area contributed by atoms with E-state index in [1.54, 1.807) is 53.6 Å². The number of pyridine rings is 2. The molecule has 9 nitrogen and oxygen atoms in total. The fraction of sp³-hybridized carbons (Fsp3) is 0.286. The summed E-state index contributed by atoms with van der Waals surface area (Å²) in [5.41, 5.74) is 0.123. The van der Waals surface area contributed by atoms with Crippen molar-refractivity contribution in [2.45, 2.75) is 0 Å². The van der Waals surface area contributed by atoms with Crippen LogP contribution in [0, 0.1) is 0 Å². The predicted octanol–water partition coefficient (Wildman–Crippen LogP) is 0.950. The molecule has 0 bridgehead atoms. The van der Waals surface area contributed by atoms with Crippen LogP contribution >= 0.6 is 0 Å². The zero-order chi connectivity index (χ0) is 22.2. The molecule has 3 aromatic rings. The fourth-order valence-corrected chi connectivity index (χ4v) is 4.74. The van der Waals surface area contributed by atoms with Gasteiger partial charge in [-0.05, 0) is 18.2 Å². The van der Waals surface area contributed by atoms with Crippen molar-refractivity contribution in [2.24, 2.45) is 0 Å². The molecule has 1 fully saturated rings. The molecular formula is C21H23N5O4S. The van der Waals surface area contributed by atoms with Crippen molar-refractivity contribution >= 4 is 26.9 Å². The maximum absolute atomic E-state index is 13.4. The van der Waals surface area contributed by atoms with Crippen molar-refractivity contribution in [3.63, 3.8) is 0 Å². The maximum Gasteiger partial charge on any atom is 0.281 e. The van der Waals surface area contributed by atoms with E-state index in [0.29, 0.717) is 22.2 Å². The Kier molecular flexibility index (Phi) is 5.61. The summed E-state index contributed by atoms with van der Waals surface area (Å²) in [5.74, 6) is 0.178. The summed E-state index contributed by atoms with van der Waals surface area (Å²) >= 11 is 0. The SMILES string of the molecule is CN(C)S(=O)(=O)N1CCN(C(=O)c2cn(-c3ccccn3)c(=O)c3ccccc23)CC1. The van der Waals surface area contributed by atoms with E-state index in [2.05, 4.69) is 4.98 Å². The normalized spacial score (nSPS) is 15.5. The second-order valence-corrected chi connectivity index (χ2v) is 9.58. The highest BCUT2D eigenvalue weighted by Gasteiger charge is 2.31. The molecule has 2 aromatic heterocycles. The van der Waals surface area contributed by atoms with Gasteiger partial charge >= 0.3 is 0 Å². The molecule has 1 amide bonds. The Balaban J connectivity index is 1.71. The number of benzene rings is 1. The van der Waals surface area contributed by atoms with Crippen LogP contribution in [0.4, 0.5) is 0 Å². The van der Waals surface area contributed by atoms with Crippen molar-refractivity contribution in [1.82, 2.24) is 23.1 Å². The minimum Gasteiger partial charge on any atom is -0.336 e. The maximum atomic E-state index is 13.4. The Bertz CT molecular complexity index is 1280. The molecule has 0 atom stereocenters. The van der Waals surface area contributed by atoms with Crippen LogP contribution in [-0.2, 0) is 10.2 Å². The van der Waals surface area contributed by atoms with Gasteiger partial charge in [0.25, 0.3) is 21.7 Å². The topological polar surface area (TPSA) is 95.8 Å². The molecule has 0 N–H and O–H groups in total. The molecule has 0 aliphatic carbocycles. The molecule has 0 unspecified atom stereocenters. The highest BCUT2D eigenvalue weighted by Crippen LogP contribution is 2.20. The van der Waals surface area contributed by atoms with Crippen LogP contribution in [0.2, 0.25) is 0 Å². The highest BCUT2D eigenvalue weighted by molar-refractivity contribution is 7.86. The molecule has 31 heavy (non-hydrogen) atoms. The quantitative estimate of drug-likeness (QED) is 0.601. The lowest BCUT2D eigenvalue weighted by Gasteiger charge is -2.35. The van der Waals surface area contributed by atoms with E-state index in [1.807, 2.05) is 0 Å². The largest absolute Gasteiger partial charge is 0.336 e. The second kappa shape index (κ2) is 8.22. The molecule has 4 rings (SSSR count). The van der Waals surface area contributed by atoms with Crippen molar-refractivity contribution in [2.75, 3.05) is 40.3 Å². The Morgan fingerprint density at radius 1 is 0.968 bits per heavy atom. The van der Waals surface area contributed by atoms with Gasteiger partial charge in [0.1, 0.15) is 5.82 Å². The van der Waals surface area contributed by atoms with Gasteiger partial charge in [-0.2, -0.15) is 17.0 Å². The number of hydrogen-bond donors (Lipinski definition) is 0. The molecule has 10 heteroatoms. The smallest absolute Gasteiger partial charge is 0.281 e. The summed E-state index contributed by atoms with van der Waals surface area (Å²) in [6.07, 6.45) is 3.11. The van der Waals surface area contributed by atoms with Crippen LogP contribution in [0.15, 0.2) is 59.7 Å². The lowest BCUT2D eigenvalue weighted by molar-refractivity contribution is 0.0696. The monoisotopic (exact) mass is 441 g/mol. The van der Waals surface area contributed by atoms with E-state index in [4.69, 9.17) is 0 Å². The van der Waals surface area contributed by atoms with Gasteiger partial charge in [0.05, 0.1) is 5.56 Å². The van der Waals surface area contributed by atoms with E-state index in [9.17, 15) is 18.0 Å². The third-order valence-corrected chi connectivity index (χ3v) is 7.31. The van der Waals surface area contributed by atoms with E-state index < -0.39 is 10.2 Å². The van der Waals surface area contributed by atoms with Crippen LogP contribution in [0.5, 0.6) is 0 Å². The first-order valence-corrected chi connectivity index (χ1v) is 11.2. The van der Waals surface area contributed by atoms with Crippen LogP contribution in [0.25, 0.3) is 16.6 Å². The van der Waals surface area contributed by atoms with Gasteiger partial charge in [-0.1, -0.05) is 24.3 Å². The first-order valence-electron chi connectivity index (χ1n) is 9.83.